The second-order valence-electron chi connectivity index (χ2n) is 5.38. The lowest BCUT2D eigenvalue weighted by Gasteiger charge is -2.19. The lowest BCUT2D eigenvalue weighted by atomic mass is 10.2. The van der Waals surface area contributed by atoms with E-state index in [2.05, 4.69) is 4.72 Å². The molecule has 1 aromatic carbocycles. The third kappa shape index (κ3) is 7.89. The normalized spacial score (nSPS) is 12.0. The number of rotatable bonds is 5. The van der Waals surface area contributed by atoms with Gasteiger partial charge in [-0.15, -0.1) is 0 Å². The van der Waals surface area contributed by atoms with Crippen molar-refractivity contribution in [3.05, 3.63) is 34.9 Å². The van der Waals surface area contributed by atoms with Gasteiger partial charge in [-0.3, -0.25) is 0 Å². The summed E-state index contributed by atoms with van der Waals surface area (Å²) >= 11 is 5.76. The van der Waals surface area contributed by atoms with E-state index in [1.807, 2.05) is 0 Å². The molecule has 1 amide bonds. The largest absolute Gasteiger partial charge is 0.443 e. The first-order valence-corrected chi connectivity index (χ1v) is 8.18. The van der Waals surface area contributed by atoms with Crippen molar-refractivity contribution >= 4 is 27.9 Å². The van der Waals surface area contributed by atoms with Crippen LogP contribution in [0.2, 0.25) is 5.02 Å². The zero-order valence-electron chi connectivity index (χ0n) is 12.1. The maximum Gasteiger partial charge on any atom is 0.422 e. The lowest BCUT2D eigenvalue weighted by Crippen LogP contribution is -2.43. The highest BCUT2D eigenvalue weighted by atomic mass is 35.5. The van der Waals surface area contributed by atoms with Gasteiger partial charge in [0.25, 0.3) is 0 Å². The van der Waals surface area contributed by atoms with Crippen LogP contribution < -0.4 is 9.44 Å². The van der Waals surface area contributed by atoms with Crippen molar-refractivity contribution in [3.8, 4) is 0 Å². The van der Waals surface area contributed by atoms with Gasteiger partial charge in [0.1, 0.15) is 5.60 Å². The second-order valence-corrected chi connectivity index (χ2v) is 7.31. The first-order valence-electron chi connectivity index (χ1n) is 6.32. The van der Waals surface area contributed by atoms with Crippen LogP contribution >= 0.6 is 11.6 Å². The fraction of sp³-hybridized carbons (Fsp3) is 0.462. The van der Waals surface area contributed by atoms with E-state index in [-0.39, 0.29) is 6.54 Å². The maximum atomic E-state index is 11.6. The monoisotopic (exact) mass is 334 g/mol. The highest BCUT2D eigenvalue weighted by molar-refractivity contribution is 7.88. The number of carbonyl (C=O) groups is 1. The Morgan fingerprint density at radius 1 is 1.24 bits per heavy atom. The van der Waals surface area contributed by atoms with E-state index in [1.54, 1.807) is 49.8 Å². The smallest absolute Gasteiger partial charge is 0.422 e. The Morgan fingerprint density at radius 2 is 1.81 bits per heavy atom. The maximum absolute atomic E-state index is 11.6. The van der Waals surface area contributed by atoms with Gasteiger partial charge in [0.05, 0.1) is 0 Å². The van der Waals surface area contributed by atoms with Gasteiger partial charge >= 0.3 is 16.3 Å². The molecular formula is C13H19ClN2O4S. The molecule has 0 radical (unpaired) electrons. The number of amides is 1. The quantitative estimate of drug-likeness (QED) is 0.864. The third-order valence-corrected chi connectivity index (χ3v) is 3.51. The Labute approximate surface area is 130 Å². The van der Waals surface area contributed by atoms with Gasteiger partial charge in [0.2, 0.25) is 0 Å². The molecule has 0 bridgehead atoms. The van der Waals surface area contributed by atoms with Crippen molar-refractivity contribution in [2.75, 3.05) is 6.54 Å². The van der Waals surface area contributed by atoms with Crippen LogP contribution in [0, 0.1) is 0 Å². The fourth-order valence-electron chi connectivity index (χ4n) is 1.43. The van der Waals surface area contributed by atoms with Crippen LogP contribution in [-0.2, 0) is 21.4 Å². The molecule has 1 rings (SSSR count). The summed E-state index contributed by atoms with van der Waals surface area (Å²) in [5, 5.41) is 0.617. The molecule has 0 aliphatic heterocycles. The molecule has 0 saturated heterocycles. The molecule has 0 atom stereocenters. The molecule has 2 N–H and O–H groups in total. The Hall–Kier alpha value is -1.31. The van der Waals surface area contributed by atoms with E-state index in [1.165, 1.54) is 0 Å². The minimum absolute atomic E-state index is 0.153. The summed E-state index contributed by atoms with van der Waals surface area (Å²) in [5.74, 6) is 0. The van der Waals surface area contributed by atoms with Crippen LogP contribution in [0.1, 0.15) is 26.3 Å². The third-order valence-electron chi connectivity index (χ3n) is 2.24. The van der Waals surface area contributed by atoms with Gasteiger partial charge in [-0.2, -0.15) is 13.1 Å². The van der Waals surface area contributed by atoms with Crippen molar-refractivity contribution in [1.29, 1.82) is 0 Å². The number of nitrogens with one attached hydrogen (secondary N) is 2. The number of ether oxygens (including phenoxy) is 1. The number of halogens is 1. The molecule has 21 heavy (non-hydrogen) atoms. The molecule has 118 valence electrons. The summed E-state index contributed by atoms with van der Waals surface area (Å²) in [5.41, 5.74) is 0.169. The van der Waals surface area contributed by atoms with Crippen LogP contribution in [-0.4, -0.2) is 26.7 Å². The molecule has 0 aliphatic carbocycles. The first-order chi connectivity index (χ1) is 9.57. The zero-order valence-corrected chi connectivity index (χ0v) is 13.7. The predicted molar refractivity (Wildman–Crippen MR) is 81.4 cm³/mol. The average Bonchev–Trinajstić information content (AvgIpc) is 2.28. The summed E-state index contributed by atoms with van der Waals surface area (Å²) in [6.07, 6.45) is -0.534. The Bertz CT molecular complexity index is 579. The second kappa shape index (κ2) is 7.11. The van der Waals surface area contributed by atoms with E-state index < -0.39 is 21.9 Å². The standard InChI is InChI=1S/C13H19ClN2O4S/c1-13(2,3)20-12(17)16-21(18,19)15-9-8-10-4-6-11(14)7-5-10/h4-7,15H,8-9H2,1-3H3,(H,16,17). The van der Waals surface area contributed by atoms with Crippen molar-refractivity contribution < 1.29 is 17.9 Å². The van der Waals surface area contributed by atoms with E-state index in [0.29, 0.717) is 11.4 Å². The Kier molecular flexibility index (Phi) is 6.00. The van der Waals surface area contributed by atoms with Gasteiger partial charge in [-0.25, -0.2) is 9.52 Å². The van der Waals surface area contributed by atoms with Crippen molar-refractivity contribution in [2.45, 2.75) is 32.8 Å². The van der Waals surface area contributed by atoms with Crippen LogP contribution in [0.5, 0.6) is 0 Å². The zero-order chi connectivity index (χ0) is 16.1. The van der Waals surface area contributed by atoms with Crippen LogP contribution in [0.4, 0.5) is 4.79 Å². The molecule has 0 fully saturated rings. The molecule has 0 heterocycles. The van der Waals surface area contributed by atoms with Gasteiger partial charge in [0, 0.05) is 11.6 Å². The van der Waals surface area contributed by atoms with Gasteiger partial charge in [0.15, 0.2) is 0 Å². The fourth-order valence-corrected chi connectivity index (χ4v) is 2.26. The van der Waals surface area contributed by atoms with Gasteiger partial charge in [-0.1, -0.05) is 23.7 Å². The summed E-state index contributed by atoms with van der Waals surface area (Å²) < 4.78 is 32.2. The van der Waals surface area contributed by atoms with Crippen LogP contribution in [0.3, 0.4) is 0 Å². The van der Waals surface area contributed by atoms with E-state index in [9.17, 15) is 13.2 Å². The number of hydrogen-bond acceptors (Lipinski definition) is 4. The molecule has 1 aromatic rings. The van der Waals surface area contributed by atoms with Crippen molar-refractivity contribution in [2.24, 2.45) is 0 Å². The van der Waals surface area contributed by atoms with Gasteiger partial charge in [-0.05, 0) is 44.9 Å². The number of carbonyl (C=O) groups excluding carboxylic acids is 1. The summed E-state index contributed by atoms with van der Waals surface area (Å²) in [4.78, 5) is 11.4. The lowest BCUT2D eigenvalue weighted by molar-refractivity contribution is 0.0569. The summed E-state index contributed by atoms with van der Waals surface area (Å²) in [6, 6.07) is 7.06. The minimum atomic E-state index is -3.93. The van der Waals surface area contributed by atoms with Gasteiger partial charge < -0.3 is 4.74 Å². The molecule has 0 unspecified atom stereocenters. The van der Waals surface area contributed by atoms with Crippen molar-refractivity contribution in [3.63, 3.8) is 0 Å². The topological polar surface area (TPSA) is 84.5 Å². The number of benzene rings is 1. The summed E-state index contributed by atoms with van der Waals surface area (Å²) in [7, 11) is -3.93. The SMILES string of the molecule is CC(C)(C)OC(=O)NS(=O)(=O)NCCc1ccc(Cl)cc1. The molecule has 8 heteroatoms. The molecule has 0 aliphatic rings. The molecular weight excluding hydrogens is 316 g/mol. The Morgan fingerprint density at radius 3 is 2.33 bits per heavy atom. The average molecular weight is 335 g/mol. The van der Waals surface area contributed by atoms with Crippen LogP contribution in [0.15, 0.2) is 24.3 Å². The minimum Gasteiger partial charge on any atom is -0.443 e. The number of hydrogen-bond donors (Lipinski definition) is 2. The van der Waals surface area contributed by atoms with Crippen molar-refractivity contribution in [1.82, 2.24) is 9.44 Å². The van der Waals surface area contributed by atoms with E-state index in [0.717, 1.165) is 5.56 Å². The highest BCUT2D eigenvalue weighted by Crippen LogP contribution is 2.09. The van der Waals surface area contributed by atoms with E-state index in [4.69, 9.17) is 16.3 Å². The molecule has 6 nitrogen and oxygen atoms in total. The summed E-state index contributed by atoms with van der Waals surface area (Å²) in [6.45, 7) is 5.09. The Balaban J connectivity index is 2.42. The molecule has 0 saturated carbocycles. The molecule has 0 spiro atoms. The highest BCUT2D eigenvalue weighted by Gasteiger charge is 2.20. The first kappa shape index (κ1) is 17.7. The molecule has 0 aromatic heterocycles. The van der Waals surface area contributed by atoms with Crippen LogP contribution in [0.25, 0.3) is 0 Å². The predicted octanol–water partition coefficient (Wildman–Crippen LogP) is 2.24. The van der Waals surface area contributed by atoms with E-state index >= 15 is 0 Å².